The Kier molecular flexibility index (Phi) is 8.87. The van der Waals surface area contributed by atoms with Gasteiger partial charge in [-0.05, 0) is 64.9 Å². The van der Waals surface area contributed by atoms with Crippen molar-refractivity contribution in [1.29, 1.82) is 0 Å². The number of aliphatic carboxylic acids is 1. The molecule has 3 unspecified atom stereocenters. The number of pyridine rings is 1. The Hall–Kier alpha value is -4.56. The average Bonchev–Trinajstić information content (AvgIpc) is 3.56. The number of carboxylic acids is 1. The third-order valence-electron chi connectivity index (χ3n) is 7.35. The van der Waals surface area contributed by atoms with E-state index in [4.69, 9.17) is 9.31 Å². The molecule has 1 aromatic heterocycles. The van der Waals surface area contributed by atoms with E-state index in [9.17, 15) is 34.3 Å². The molecule has 2 aliphatic rings. The maximum atomic E-state index is 13.7. The number of nitrogens with zero attached hydrogens (tertiary/aromatic N) is 1. The van der Waals surface area contributed by atoms with Crippen LogP contribution in [0.2, 0.25) is 0 Å². The lowest BCUT2D eigenvalue weighted by atomic mass is 9.78. The van der Waals surface area contributed by atoms with Crippen molar-refractivity contribution in [1.82, 2.24) is 20.9 Å². The SMILES string of the molecule is CC(NC(=O)c1ccc2c(c1)B(O)OC2)C(NC(=O)c1ccc2c(c1)B(O)OC2)C(=O)NC(CC(=O)O)c1cccnc1. The first-order chi connectivity index (χ1) is 20.6. The Balaban J connectivity index is 1.39. The minimum atomic E-state index is -1.36. The van der Waals surface area contributed by atoms with Gasteiger partial charge in [-0.2, -0.15) is 0 Å². The number of fused-ring (bicyclic) bond motifs is 2. The summed E-state index contributed by atoms with van der Waals surface area (Å²) >= 11 is 0. The van der Waals surface area contributed by atoms with Gasteiger partial charge in [0.2, 0.25) is 5.91 Å². The fourth-order valence-electron chi connectivity index (χ4n) is 5.00. The second-order valence-electron chi connectivity index (χ2n) is 10.3. The van der Waals surface area contributed by atoms with Crippen molar-refractivity contribution in [2.45, 2.75) is 44.7 Å². The van der Waals surface area contributed by atoms with Crippen LogP contribution in [0.1, 0.15) is 56.8 Å². The standard InChI is InChI=1S/C28H28B2N4O9/c1-15(32-26(37)16-4-6-19-13-42-29(40)21(19)9-16)25(28(39)33-23(11-24(35)36)18-3-2-8-31-12-18)34-27(38)17-5-7-20-14-43-30(41)22(20)10-17/h2-10,12,15,23,25,40-41H,11,13-14H2,1H3,(H,32,37)(H,33,39)(H,34,38)(H,35,36). The average molecular weight is 586 g/mol. The van der Waals surface area contributed by atoms with Gasteiger partial charge in [-0.3, -0.25) is 24.2 Å². The van der Waals surface area contributed by atoms with Crippen LogP contribution in [0.3, 0.4) is 0 Å². The first kappa shape index (κ1) is 29.9. The summed E-state index contributed by atoms with van der Waals surface area (Å²) in [7, 11) is -2.35. The third-order valence-corrected chi connectivity index (χ3v) is 7.35. The van der Waals surface area contributed by atoms with Gasteiger partial charge in [0.25, 0.3) is 11.8 Å². The number of nitrogens with one attached hydrogen (secondary N) is 3. The zero-order chi connectivity index (χ0) is 30.7. The summed E-state index contributed by atoms with van der Waals surface area (Å²) in [6.45, 7) is 1.92. The predicted octanol–water partition coefficient (Wildman–Crippen LogP) is -1.23. The van der Waals surface area contributed by atoms with Gasteiger partial charge < -0.3 is 40.4 Å². The summed E-state index contributed by atoms with van der Waals surface area (Å²) in [5.74, 6) is -3.16. The normalized spacial score (nSPS) is 15.6. The smallest absolute Gasteiger partial charge is 0.481 e. The second-order valence-corrected chi connectivity index (χ2v) is 10.3. The van der Waals surface area contributed by atoms with Gasteiger partial charge in [0.1, 0.15) is 6.04 Å². The van der Waals surface area contributed by atoms with Gasteiger partial charge in [-0.1, -0.05) is 18.2 Å². The number of benzene rings is 2. The number of rotatable bonds is 10. The molecule has 0 saturated carbocycles. The number of hydrogen-bond donors (Lipinski definition) is 6. The Labute approximate surface area is 246 Å². The van der Waals surface area contributed by atoms with E-state index < -0.39 is 62.5 Å². The minimum absolute atomic E-state index is 0.140. The predicted molar refractivity (Wildman–Crippen MR) is 153 cm³/mol. The van der Waals surface area contributed by atoms with Crippen molar-refractivity contribution in [3.8, 4) is 0 Å². The van der Waals surface area contributed by atoms with Gasteiger partial charge in [-0.15, -0.1) is 0 Å². The molecular formula is C28H28B2N4O9. The van der Waals surface area contributed by atoms with E-state index in [2.05, 4.69) is 20.9 Å². The van der Waals surface area contributed by atoms with Gasteiger partial charge in [-0.25, -0.2) is 0 Å². The van der Waals surface area contributed by atoms with E-state index in [0.717, 1.165) is 11.1 Å². The number of amides is 3. The molecule has 2 aliphatic heterocycles. The highest BCUT2D eigenvalue weighted by Gasteiger charge is 2.34. The molecule has 15 heteroatoms. The van der Waals surface area contributed by atoms with E-state index in [1.54, 1.807) is 30.3 Å². The van der Waals surface area contributed by atoms with Crippen LogP contribution in [-0.2, 0) is 32.1 Å². The van der Waals surface area contributed by atoms with Crippen LogP contribution in [0.25, 0.3) is 0 Å². The molecule has 43 heavy (non-hydrogen) atoms. The highest BCUT2D eigenvalue weighted by molar-refractivity contribution is 6.62. The van der Waals surface area contributed by atoms with Crippen molar-refractivity contribution < 1.29 is 43.6 Å². The zero-order valence-electron chi connectivity index (χ0n) is 23.0. The molecule has 3 aromatic rings. The van der Waals surface area contributed by atoms with Crippen molar-refractivity contribution in [3.63, 3.8) is 0 Å². The Bertz CT molecular complexity index is 1560. The van der Waals surface area contributed by atoms with Gasteiger partial charge in [0, 0.05) is 23.5 Å². The maximum absolute atomic E-state index is 13.7. The molecule has 0 aliphatic carbocycles. The monoisotopic (exact) mass is 586 g/mol. The molecule has 0 saturated heterocycles. The van der Waals surface area contributed by atoms with Gasteiger partial charge in [0.15, 0.2) is 0 Å². The molecule has 3 amide bonds. The van der Waals surface area contributed by atoms with Crippen LogP contribution in [0.5, 0.6) is 0 Å². The molecule has 3 atom stereocenters. The molecular weight excluding hydrogens is 558 g/mol. The molecule has 0 bridgehead atoms. The number of hydrogen-bond acceptors (Lipinski definition) is 9. The molecule has 220 valence electrons. The number of carboxylic acid groups (broad SMARTS) is 1. The van der Waals surface area contributed by atoms with Gasteiger partial charge in [0.05, 0.1) is 31.7 Å². The van der Waals surface area contributed by atoms with E-state index in [-0.39, 0.29) is 24.3 Å². The maximum Gasteiger partial charge on any atom is 0.491 e. The second kappa shape index (κ2) is 12.8. The molecule has 0 fully saturated rings. The first-order valence-electron chi connectivity index (χ1n) is 13.5. The number of carbonyl (C=O) groups excluding carboxylic acids is 3. The van der Waals surface area contributed by atoms with Crippen LogP contribution in [0.4, 0.5) is 0 Å². The lowest BCUT2D eigenvalue weighted by Crippen LogP contribution is -2.58. The quantitative estimate of drug-likeness (QED) is 0.157. The van der Waals surface area contributed by atoms with Crippen LogP contribution < -0.4 is 26.9 Å². The third kappa shape index (κ3) is 6.75. The van der Waals surface area contributed by atoms with Crippen LogP contribution in [0.15, 0.2) is 60.9 Å². The highest BCUT2D eigenvalue weighted by Crippen LogP contribution is 2.17. The largest absolute Gasteiger partial charge is 0.491 e. The van der Waals surface area contributed by atoms with Crippen LogP contribution >= 0.6 is 0 Å². The van der Waals surface area contributed by atoms with Crippen molar-refractivity contribution >= 4 is 48.9 Å². The zero-order valence-corrected chi connectivity index (χ0v) is 23.0. The topological polar surface area (TPSA) is 196 Å². The van der Waals surface area contributed by atoms with Crippen molar-refractivity contribution in [2.75, 3.05) is 0 Å². The van der Waals surface area contributed by atoms with E-state index in [1.165, 1.54) is 37.5 Å². The molecule has 3 heterocycles. The Morgan fingerprint density at radius 1 is 0.884 bits per heavy atom. The molecule has 0 radical (unpaired) electrons. The lowest BCUT2D eigenvalue weighted by Gasteiger charge is -2.28. The molecule has 13 nitrogen and oxygen atoms in total. The molecule has 6 N–H and O–H groups in total. The number of carbonyl (C=O) groups is 4. The van der Waals surface area contributed by atoms with Crippen LogP contribution in [-0.4, -0.2) is 70.1 Å². The molecule has 0 spiro atoms. The fraction of sp³-hybridized carbons (Fsp3) is 0.250. The fourth-order valence-corrected chi connectivity index (χ4v) is 5.00. The van der Waals surface area contributed by atoms with E-state index in [1.807, 2.05) is 0 Å². The summed E-state index contributed by atoms with van der Waals surface area (Å²) in [4.78, 5) is 55.8. The summed E-state index contributed by atoms with van der Waals surface area (Å²) in [5.41, 5.74) is 3.12. The van der Waals surface area contributed by atoms with Crippen molar-refractivity contribution in [2.24, 2.45) is 0 Å². The molecule has 5 rings (SSSR count). The summed E-state index contributed by atoms with van der Waals surface area (Å²) < 4.78 is 10.4. The van der Waals surface area contributed by atoms with E-state index >= 15 is 0 Å². The highest BCUT2D eigenvalue weighted by atomic mass is 16.5. The minimum Gasteiger partial charge on any atom is -0.481 e. The van der Waals surface area contributed by atoms with Crippen LogP contribution in [0, 0.1) is 0 Å². The molecule has 2 aromatic carbocycles. The van der Waals surface area contributed by atoms with Crippen molar-refractivity contribution in [3.05, 3.63) is 88.7 Å². The van der Waals surface area contributed by atoms with E-state index in [0.29, 0.717) is 16.5 Å². The first-order valence-corrected chi connectivity index (χ1v) is 13.5. The number of aromatic nitrogens is 1. The summed E-state index contributed by atoms with van der Waals surface area (Å²) in [6, 6.07) is 9.21. The lowest BCUT2D eigenvalue weighted by molar-refractivity contribution is -0.137. The summed E-state index contributed by atoms with van der Waals surface area (Å²) in [5, 5.41) is 37.6. The Morgan fingerprint density at radius 2 is 1.47 bits per heavy atom. The summed E-state index contributed by atoms with van der Waals surface area (Å²) in [6.07, 6.45) is 2.48. The Morgan fingerprint density at radius 3 is 2.00 bits per heavy atom. The van der Waals surface area contributed by atoms with Gasteiger partial charge >= 0.3 is 20.2 Å².